The van der Waals surface area contributed by atoms with Gasteiger partial charge in [0.15, 0.2) is 0 Å². The Morgan fingerprint density at radius 2 is 1.30 bits per heavy atom. The standard InChI is InChI=1S/C46H60N8O7S3/c1-28(55)49-37(26-32-15-10-22-63-32)43(58)50-34(16-7-19-47)46(61)54-20-8-17-39(54)45(60)53-36(23-29-11-3-2-4-12-29)42(57)52-38(27-33-24-30-13-5-6-18-40(30)64-33)44(59)51-35(41(48)56)25-31-14-9-21-62-31/h5-6,9-10,13-15,18,21-22,24,29,34-39H,2-4,7-8,11-12,16-17,19-20,23,25-27,47H2,1H3,(H2,48,56)(H,49,55)(H,50,58)(H,51,59)(H,52,57)(H,53,60)/t34-,35-,36+,37-,38-,39-/m0/s1. The number of hydrogen-bond acceptors (Lipinski definition) is 11. The Morgan fingerprint density at radius 3 is 1.92 bits per heavy atom. The number of amides is 7. The molecule has 0 bridgehead atoms. The predicted octanol–water partition coefficient (Wildman–Crippen LogP) is 3.68. The zero-order chi connectivity index (χ0) is 45.6. The number of likely N-dealkylation sites (tertiary alicyclic amines) is 1. The summed E-state index contributed by atoms with van der Waals surface area (Å²) in [5.74, 6) is -3.55. The van der Waals surface area contributed by atoms with Crippen molar-refractivity contribution in [2.45, 2.75) is 127 Å². The number of fused-ring (bicyclic) bond motifs is 1. The second kappa shape index (κ2) is 23.7. The van der Waals surface area contributed by atoms with E-state index in [1.807, 2.05) is 65.4 Å². The first kappa shape index (κ1) is 48.3. The number of carbonyl (C=O) groups is 7. The van der Waals surface area contributed by atoms with Crippen molar-refractivity contribution in [2.75, 3.05) is 13.1 Å². The molecule has 9 N–H and O–H groups in total. The van der Waals surface area contributed by atoms with Crippen molar-refractivity contribution in [3.8, 4) is 0 Å². The van der Waals surface area contributed by atoms with Crippen molar-refractivity contribution in [2.24, 2.45) is 17.4 Å². The molecular weight excluding hydrogens is 873 g/mol. The number of nitrogens with zero attached hydrogens (tertiary/aromatic N) is 1. The zero-order valence-corrected chi connectivity index (χ0v) is 38.6. The quantitative estimate of drug-likeness (QED) is 0.0613. The molecule has 7 amide bonds. The number of hydrogen-bond donors (Lipinski definition) is 7. The first-order chi connectivity index (χ1) is 30.9. The lowest BCUT2D eigenvalue weighted by Crippen LogP contribution is -2.60. The van der Waals surface area contributed by atoms with Crippen LogP contribution < -0.4 is 38.1 Å². The molecule has 1 aliphatic carbocycles. The summed E-state index contributed by atoms with van der Waals surface area (Å²) in [4.78, 5) is 100.0. The van der Waals surface area contributed by atoms with Crippen molar-refractivity contribution < 1.29 is 33.6 Å². The van der Waals surface area contributed by atoms with E-state index in [-0.39, 0.29) is 50.6 Å². The molecule has 0 radical (unpaired) electrons. The Balaban J connectivity index is 1.20. The number of nitrogens with one attached hydrogen (secondary N) is 5. The van der Waals surface area contributed by atoms with E-state index in [0.29, 0.717) is 25.7 Å². The van der Waals surface area contributed by atoms with Crippen LogP contribution in [0, 0.1) is 5.92 Å². The summed E-state index contributed by atoms with van der Waals surface area (Å²) >= 11 is 4.39. The van der Waals surface area contributed by atoms with Gasteiger partial charge in [0.1, 0.15) is 36.3 Å². The molecule has 0 unspecified atom stereocenters. The fourth-order valence-electron chi connectivity index (χ4n) is 8.64. The minimum Gasteiger partial charge on any atom is -0.368 e. The van der Waals surface area contributed by atoms with Crippen molar-refractivity contribution in [1.82, 2.24) is 31.5 Å². The Morgan fingerprint density at radius 1 is 0.688 bits per heavy atom. The summed E-state index contributed by atoms with van der Waals surface area (Å²) in [5.41, 5.74) is 11.6. The van der Waals surface area contributed by atoms with Gasteiger partial charge in [-0.15, -0.1) is 34.0 Å². The molecule has 344 valence electrons. The van der Waals surface area contributed by atoms with Crippen LogP contribution in [0.5, 0.6) is 0 Å². The molecule has 6 atom stereocenters. The highest BCUT2D eigenvalue weighted by atomic mass is 32.1. The molecule has 18 heteroatoms. The average molecular weight is 933 g/mol. The van der Waals surface area contributed by atoms with Crippen LogP contribution in [0.1, 0.15) is 85.8 Å². The van der Waals surface area contributed by atoms with Crippen molar-refractivity contribution >= 4 is 85.4 Å². The summed E-state index contributed by atoms with van der Waals surface area (Å²) in [5, 5.41) is 19.1. The number of carbonyl (C=O) groups excluding carboxylic acids is 7. The van der Waals surface area contributed by atoms with Crippen LogP contribution in [0.15, 0.2) is 65.4 Å². The number of nitrogens with two attached hydrogens (primary N) is 2. The van der Waals surface area contributed by atoms with Crippen LogP contribution in [0.3, 0.4) is 0 Å². The Bertz CT molecular complexity index is 2170. The largest absolute Gasteiger partial charge is 0.368 e. The number of rotatable bonds is 22. The third kappa shape index (κ3) is 13.7. The molecule has 0 spiro atoms. The van der Waals surface area contributed by atoms with Gasteiger partial charge < -0.3 is 43.0 Å². The van der Waals surface area contributed by atoms with Crippen LogP contribution in [0.4, 0.5) is 0 Å². The third-order valence-corrected chi connectivity index (χ3v) is 14.9. The molecule has 15 nitrogen and oxygen atoms in total. The molecular formula is C46H60N8O7S3. The average Bonchev–Trinajstić information content (AvgIpc) is 4.13. The van der Waals surface area contributed by atoms with Gasteiger partial charge in [0.2, 0.25) is 41.4 Å². The van der Waals surface area contributed by atoms with Gasteiger partial charge in [0, 0.05) is 52.1 Å². The van der Waals surface area contributed by atoms with E-state index in [0.717, 1.165) is 56.8 Å². The fraction of sp³-hybridized carbons (Fsp3) is 0.500. The van der Waals surface area contributed by atoms with Gasteiger partial charge in [-0.2, -0.15) is 0 Å². The second-order valence-corrected chi connectivity index (χ2v) is 20.0. The maximum absolute atomic E-state index is 14.6. The summed E-state index contributed by atoms with van der Waals surface area (Å²) in [6.07, 6.45) is 7.27. The summed E-state index contributed by atoms with van der Waals surface area (Å²) in [6, 6.07) is 11.2. The number of primary amides is 1. The lowest BCUT2D eigenvalue weighted by molar-refractivity contribution is -0.142. The maximum Gasteiger partial charge on any atom is 0.245 e. The topological polar surface area (TPSA) is 235 Å². The zero-order valence-electron chi connectivity index (χ0n) is 36.2. The summed E-state index contributed by atoms with van der Waals surface area (Å²) in [6.45, 7) is 1.86. The first-order valence-corrected chi connectivity index (χ1v) is 24.8. The van der Waals surface area contributed by atoms with Gasteiger partial charge in [0.05, 0.1) is 0 Å². The van der Waals surface area contributed by atoms with Crippen molar-refractivity contribution in [1.29, 1.82) is 0 Å². The van der Waals surface area contributed by atoms with E-state index in [1.165, 1.54) is 45.8 Å². The molecule has 1 saturated carbocycles. The van der Waals surface area contributed by atoms with Crippen LogP contribution in [0.25, 0.3) is 10.1 Å². The highest BCUT2D eigenvalue weighted by Gasteiger charge is 2.40. The monoisotopic (exact) mass is 932 g/mol. The van der Waals surface area contributed by atoms with E-state index in [2.05, 4.69) is 26.6 Å². The molecule has 1 aromatic carbocycles. The van der Waals surface area contributed by atoms with E-state index < -0.39 is 71.7 Å². The summed E-state index contributed by atoms with van der Waals surface area (Å²) < 4.78 is 1.02. The van der Waals surface area contributed by atoms with Gasteiger partial charge in [-0.05, 0) is 85.0 Å². The third-order valence-electron chi connectivity index (χ3n) is 11.9. The van der Waals surface area contributed by atoms with Crippen LogP contribution in [-0.4, -0.2) is 95.6 Å². The lowest BCUT2D eigenvalue weighted by atomic mass is 9.84. The smallest absolute Gasteiger partial charge is 0.245 e. The minimum absolute atomic E-state index is 0.127. The van der Waals surface area contributed by atoms with Crippen LogP contribution >= 0.6 is 34.0 Å². The molecule has 64 heavy (non-hydrogen) atoms. The lowest BCUT2D eigenvalue weighted by Gasteiger charge is -2.32. The fourth-order valence-corrected chi connectivity index (χ4v) is 11.3. The van der Waals surface area contributed by atoms with Gasteiger partial charge in [-0.3, -0.25) is 33.6 Å². The molecule has 4 heterocycles. The Labute approximate surface area is 385 Å². The van der Waals surface area contributed by atoms with E-state index in [1.54, 1.807) is 0 Å². The molecule has 2 fully saturated rings. The van der Waals surface area contributed by atoms with E-state index in [4.69, 9.17) is 11.5 Å². The highest BCUT2D eigenvalue weighted by molar-refractivity contribution is 7.19. The molecule has 1 aliphatic heterocycles. The van der Waals surface area contributed by atoms with E-state index >= 15 is 0 Å². The van der Waals surface area contributed by atoms with E-state index in [9.17, 15) is 33.6 Å². The molecule has 1 saturated heterocycles. The number of thiophene rings is 3. The second-order valence-electron chi connectivity index (χ2n) is 16.8. The first-order valence-electron chi connectivity index (χ1n) is 22.2. The molecule has 2 aliphatic rings. The van der Waals surface area contributed by atoms with Gasteiger partial charge in [-0.1, -0.05) is 62.4 Å². The normalized spacial score (nSPS) is 17.7. The van der Waals surface area contributed by atoms with Crippen molar-refractivity contribution in [3.63, 3.8) is 0 Å². The Hall–Kier alpha value is -5.17. The van der Waals surface area contributed by atoms with Crippen LogP contribution in [-0.2, 0) is 52.8 Å². The number of benzene rings is 1. The SMILES string of the molecule is CC(=O)N[C@@H](Cc1cccs1)C(=O)N[C@@H](CCCN)C(=O)N1CCC[C@H]1C(=O)N[C@H](CC1CCCCC1)C(=O)N[C@@H](Cc1cc2ccccc2s1)C(=O)N[C@@H](Cc1cccs1)C(N)=O. The van der Waals surface area contributed by atoms with Crippen LogP contribution in [0.2, 0.25) is 0 Å². The molecule has 6 rings (SSSR count). The molecule has 3 aromatic heterocycles. The molecule has 4 aromatic rings. The van der Waals surface area contributed by atoms with Gasteiger partial charge >= 0.3 is 0 Å². The van der Waals surface area contributed by atoms with Gasteiger partial charge in [-0.25, -0.2) is 0 Å². The minimum atomic E-state index is -1.12. The Kier molecular flexibility index (Phi) is 17.9. The highest BCUT2D eigenvalue weighted by Crippen LogP contribution is 2.29. The predicted molar refractivity (Wildman–Crippen MR) is 250 cm³/mol. The maximum atomic E-state index is 14.6. The van der Waals surface area contributed by atoms with Crippen molar-refractivity contribution in [3.05, 3.63) is 80.0 Å². The summed E-state index contributed by atoms with van der Waals surface area (Å²) in [7, 11) is 0. The van der Waals surface area contributed by atoms with Gasteiger partial charge in [0.25, 0.3) is 0 Å².